The summed E-state index contributed by atoms with van der Waals surface area (Å²) in [6.07, 6.45) is -6.12. The molecule has 7 rings (SSSR count). The summed E-state index contributed by atoms with van der Waals surface area (Å²) in [4.78, 5) is 18.3. The molecule has 0 radical (unpaired) electrons. The van der Waals surface area contributed by atoms with Gasteiger partial charge in [0.05, 0.1) is 38.4 Å². The zero-order chi connectivity index (χ0) is 48.7. The molecule has 7 aromatic rings. The summed E-state index contributed by atoms with van der Waals surface area (Å²) in [5.41, 5.74) is 5.79. The molecule has 346 valence electrons. The Bertz CT molecular complexity index is 2800. The van der Waals surface area contributed by atoms with Gasteiger partial charge in [-0.1, -0.05) is 55.1 Å². The maximum Gasteiger partial charge on any atom is 0.573 e. The first-order valence-electron chi connectivity index (χ1n) is 19.1. The molecule has 22 heteroatoms. The fourth-order valence-electron chi connectivity index (χ4n) is 5.81. The maximum absolute atomic E-state index is 12.5. The third-order valence-electron chi connectivity index (χ3n) is 8.56. The van der Waals surface area contributed by atoms with E-state index in [0.717, 1.165) is 38.0 Å². The van der Waals surface area contributed by atoms with Crippen LogP contribution in [0.3, 0.4) is 0 Å². The van der Waals surface area contributed by atoms with Crippen LogP contribution in [0.15, 0.2) is 111 Å². The zero-order valence-corrected chi connectivity index (χ0v) is 41.1. The van der Waals surface area contributed by atoms with E-state index in [-0.39, 0.29) is 11.5 Å². The lowest BCUT2D eigenvalue weighted by Crippen LogP contribution is -2.27. The first-order valence-corrected chi connectivity index (χ1v) is 24.8. The van der Waals surface area contributed by atoms with Gasteiger partial charge in [-0.15, -0.1) is 26.3 Å². The summed E-state index contributed by atoms with van der Waals surface area (Å²) in [5, 5.41) is 9.96. The summed E-state index contributed by atoms with van der Waals surface area (Å²) < 4.78 is 96.7. The van der Waals surface area contributed by atoms with E-state index >= 15 is 0 Å². The van der Waals surface area contributed by atoms with Crippen LogP contribution in [0.5, 0.6) is 11.5 Å². The lowest BCUT2D eigenvalue weighted by atomic mass is 10.0. The van der Waals surface area contributed by atoms with Gasteiger partial charge in [0.15, 0.2) is 20.0 Å². The highest BCUT2D eigenvalue weighted by atomic mass is 79.9. The molecule has 0 aliphatic rings. The summed E-state index contributed by atoms with van der Waals surface area (Å²) in [5.74, 6) is 0.156. The van der Waals surface area contributed by atoms with Gasteiger partial charge in [0.25, 0.3) is 0 Å². The van der Waals surface area contributed by atoms with E-state index in [0.29, 0.717) is 61.7 Å². The molecule has 0 fully saturated rings. The lowest BCUT2D eigenvalue weighted by molar-refractivity contribution is -0.275. The van der Waals surface area contributed by atoms with Crippen LogP contribution < -0.4 is 9.47 Å². The number of aryl methyl sites for hydroxylation is 3. The molecule has 0 aliphatic carbocycles. The van der Waals surface area contributed by atoms with Gasteiger partial charge in [0.1, 0.15) is 23.5 Å². The van der Waals surface area contributed by atoms with E-state index in [1.54, 1.807) is 35.6 Å². The van der Waals surface area contributed by atoms with Gasteiger partial charge in [0, 0.05) is 45.0 Å². The minimum atomic E-state index is -4.76. The number of nitrogens with zero attached hydrogens (tertiary/aromatic N) is 6. The standard InChI is InChI=1S/C21H14BrClF3N3O2.C15H17BrClN3OSi.C8H5F3O2/c1-11-17(23)10-29(28-11)18-8-5-14(22)9-16(18)19-20(30-12(2)27-19)13-3-6-15(7-4-13)31-21(24,25)26;1-10-13(17)9-20(19-10)14-7-6-11(16)8-12(14)15(18-2)21-22(3,4)5;9-8(10,11)13-7-3-1-6(5-12)2-4-7/h3-10H,1-2H3;6-9,15H,1,3-5H3;1-5H. The summed E-state index contributed by atoms with van der Waals surface area (Å²) in [7, 11) is -1.86. The molecule has 66 heavy (non-hydrogen) atoms. The van der Waals surface area contributed by atoms with Gasteiger partial charge in [0.2, 0.25) is 0 Å². The van der Waals surface area contributed by atoms with Gasteiger partial charge in [-0.3, -0.25) is 9.64 Å². The van der Waals surface area contributed by atoms with Crippen molar-refractivity contribution in [1.29, 1.82) is 0 Å². The number of carbonyl (C=O) groups excluding carboxylic acids is 1. The quantitative estimate of drug-likeness (QED) is 0.0576. The van der Waals surface area contributed by atoms with Gasteiger partial charge in [-0.2, -0.15) is 10.2 Å². The van der Waals surface area contributed by atoms with Crippen LogP contribution in [0.4, 0.5) is 26.3 Å². The van der Waals surface area contributed by atoms with Crippen LogP contribution in [0, 0.1) is 27.3 Å². The van der Waals surface area contributed by atoms with E-state index in [2.05, 4.69) is 81.0 Å². The first-order chi connectivity index (χ1) is 30.8. The van der Waals surface area contributed by atoms with Gasteiger partial charge in [-0.05, 0) is 118 Å². The van der Waals surface area contributed by atoms with E-state index < -0.39 is 27.3 Å². The van der Waals surface area contributed by atoms with Crippen molar-refractivity contribution < 1.29 is 49.5 Å². The average molecular weight is 1100 g/mol. The predicted octanol–water partition coefficient (Wildman–Crippen LogP) is 14.9. The van der Waals surface area contributed by atoms with Crippen molar-refractivity contribution in [2.75, 3.05) is 0 Å². The molecule has 4 aromatic carbocycles. The van der Waals surface area contributed by atoms with Crippen molar-refractivity contribution in [3.63, 3.8) is 0 Å². The van der Waals surface area contributed by atoms with Crippen molar-refractivity contribution in [1.82, 2.24) is 24.5 Å². The fourth-order valence-corrected chi connectivity index (χ4v) is 7.66. The molecule has 0 amide bonds. The number of hydrogen-bond donors (Lipinski definition) is 0. The number of oxazole rings is 1. The second-order valence-electron chi connectivity index (χ2n) is 14.8. The lowest BCUT2D eigenvalue weighted by Gasteiger charge is -2.20. The molecule has 0 saturated heterocycles. The molecule has 0 saturated carbocycles. The molecule has 3 heterocycles. The van der Waals surface area contributed by atoms with Crippen molar-refractivity contribution in [3.8, 4) is 45.5 Å². The van der Waals surface area contributed by atoms with E-state index in [9.17, 15) is 31.1 Å². The van der Waals surface area contributed by atoms with Crippen LogP contribution in [-0.4, -0.2) is 51.9 Å². The maximum atomic E-state index is 12.5. The van der Waals surface area contributed by atoms with Gasteiger partial charge < -0.3 is 18.3 Å². The summed E-state index contributed by atoms with van der Waals surface area (Å²) in [6, 6.07) is 21.4. The molecule has 1 atom stereocenters. The van der Waals surface area contributed by atoms with Gasteiger partial charge >= 0.3 is 19.0 Å². The van der Waals surface area contributed by atoms with Crippen LogP contribution in [0.25, 0.3) is 38.8 Å². The SMILES string of the molecule is Cc1nc(-c2cc(Br)ccc2-n2cc(Cl)c(C)n2)c(-c2ccc(OC(F)(F)F)cc2)o1.O=Cc1ccc(OC(F)(F)F)cc1.[C-]#[N+]C(O[Si](C)(C)C)c1cc(Br)ccc1-n1cc(Cl)c(C)n1. The Morgan fingerprint density at radius 1 is 0.758 bits per heavy atom. The van der Waals surface area contributed by atoms with Crippen molar-refractivity contribution in [2.45, 2.75) is 59.4 Å². The number of alkyl halides is 6. The highest BCUT2D eigenvalue weighted by molar-refractivity contribution is 9.10. The highest BCUT2D eigenvalue weighted by Gasteiger charge is 2.32. The largest absolute Gasteiger partial charge is 0.573 e. The molecule has 0 spiro atoms. The molecule has 1 unspecified atom stereocenters. The molecular formula is C44H36Br2Cl2F6N6O5Si. The Morgan fingerprint density at radius 3 is 1.70 bits per heavy atom. The number of halogens is 10. The number of aromatic nitrogens is 5. The molecule has 0 N–H and O–H groups in total. The molecule has 11 nitrogen and oxygen atoms in total. The Balaban J connectivity index is 0.000000203. The molecule has 0 bridgehead atoms. The topological polar surface area (TPSA) is 111 Å². The Kier molecular flexibility index (Phi) is 16.8. The number of carbonyl (C=O) groups is 1. The second kappa shape index (κ2) is 21.5. The van der Waals surface area contributed by atoms with Crippen LogP contribution >= 0.6 is 55.1 Å². The number of benzene rings is 4. The minimum Gasteiger partial charge on any atom is -0.440 e. The molecule has 0 aliphatic heterocycles. The normalized spacial score (nSPS) is 12.0. The summed E-state index contributed by atoms with van der Waals surface area (Å²) >= 11 is 19.2. The van der Waals surface area contributed by atoms with Crippen LogP contribution in [-0.2, 0) is 4.43 Å². The number of aldehydes is 1. The number of ether oxygens (including phenoxy) is 2. The van der Waals surface area contributed by atoms with Crippen molar-refractivity contribution in [3.05, 3.63) is 156 Å². The smallest absolute Gasteiger partial charge is 0.440 e. The van der Waals surface area contributed by atoms with Gasteiger partial charge in [-0.25, -0.2) is 20.9 Å². The Labute approximate surface area is 402 Å². The van der Waals surface area contributed by atoms with Crippen LogP contribution in [0.1, 0.15) is 39.4 Å². The number of hydrogen-bond acceptors (Lipinski definition) is 8. The third-order valence-corrected chi connectivity index (χ3v) is 11.2. The van der Waals surface area contributed by atoms with Crippen LogP contribution in [0.2, 0.25) is 29.7 Å². The third kappa shape index (κ3) is 14.5. The minimum absolute atomic E-state index is 0.300. The zero-order valence-electron chi connectivity index (χ0n) is 35.4. The molecular weight excluding hydrogens is 1070 g/mol. The highest BCUT2D eigenvalue weighted by Crippen LogP contribution is 2.39. The Morgan fingerprint density at radius 2 is 1.24 bits per heavy atom. The average Bonchev–Trinajstić information content (AvgIpc) is 3.90. The Hall–Kier alpha value is -5.43. The predicted molar refractivity (Wildman–Crippen MR) is 247 cm³/mol. The monoisotopic (exact) mass is 1100 g/mol. The van der Waals surface area contributed by atoms with E-state index in [1.165, 1.54) is 36.4 Å². The van der Waals surface area contributed by atoms with Crippen molar-refractivity contribution in [2.24, 2.45) is 0 Å². The fraction of sp³-hybridized carbons (Fsp3) is 0.205. The first kappa shape index (κ1) is 51.5. The molecule has 3 aromatic heterocycles. The number of rotatable bonds is 10. The van der Waals surface area contributed by atoms with E-state index in [4.69, 9.17) is 38.6 Å². The second-order valence-corrected chi connectivity index (χ2v) is 21.9. The van der Waals surface area contributed by atoms with Crippen molar-refractivity contribution >= 4 is 69.7 Å². The summed E-state index contributed by atoms with van der Waals surface area (Å²) in [6.45, 7) is 19.1. The van der Waals surface area contributed by atoms with E-state index in [1.807, 2.05) is 43.3 Å².